The summed E-state index contributed by atoms with van der Waals surface area (Å²) < 4.78 is 8.32. The first-order valence-corrected chi connectivity index (χ1v) is 5.30. The second-order valence-electron chi connectivity index (χ2n) is 3.09. The SMILES string of the molecule is C#CCOC1NSc2ccc([N+](=O)[O-])cc21. The summed E-state index contributed by atoms with van der Waals surface area (Å²) in [7, 11) is 0. The Morgan fingerprint density at radius 2 is 2.50 bits per heavy atom. The number of rotatable bonds is 3. The Hall–Kier alpha value is -1.55. The minimum Gasteiger partial charge on any atom is -0.346 e. The summed E-state index contributed by atoms with van der Waals surface area (Å²) >= 11 is 1.38. The van der Waals surface area contributed by atoms with E-state index in [9.17, 15) is 10.1 Å². The average molecular weight is 236 g/mol. The Kier molecular flexibility index (Phi) is 3.10. The smallest absolute Gasteiger partial charge is 0.269 e. The van der Waals surface area contributed by atoms with E-state index in [-0.39, 0.29) is 18.5 Å². The van der Waals surface area contributed by atoms with Crippen molar-refractivity contribution in [3.05, 3.63) is 33.9 Å². The number of nitro benzene ring substituents is 1. The zero-order valence-electron chi connectivity index (χ0n) is 8.17. The number of hydrogen-bond acceptors (Lipinski definition) is 5. The van der Waals surface area contributed by atoms with E-state index in [0.717, 1.165) is 10.5 Å². The van der Waals surface area contributed by atoms with E-state index in [1.807, 2.05) is 0 Å². The first kappa shape index (κ1) is 11.0. The molecule has 1 unspecified atom stereocenters. The van der Waals surface area contributed by atoms with Gasteiger partial charge in [0.1, 0.15) is 12.8 Å². The third kappa shape index (κ3) is 2.02. The van der Waals surface area contributed by atoms with Crippen molar-refractivity contribution < 1.29 is 9.66 Å². The third-order valence-corrected chi connectivity index (χ3v) is 3.02. The van der Waals surface area contributed by atoms with Crippen molar-refractivity contribution in [3.8, 4) is 12.3 Å². The van der Waals surface area contributed by atoms with Crippen LogP contribution in [0.3, 0.4) is 0 Å². The van der Waals surface area contributed by atoms with Crippen molar-refractivity contribution in [2.75, 3.05) is 6.61 Å². The number of nitro groups is 1. The van der Waals surface area contributed by atoms with Crippen LogP contribution < -0.4 is 4.72 Å². The molecule has 1 heterocycles. The molecule has 1 N–H and O–H groups in total. The van der Waals surface area contributed by atoms with Crippen LogP contribution in [0.15, 0.2) is 23.1 Å². The van der Waals surface area contributed by atoms with E-state index in [2.05, 4.69) is 10.6 Å². The van der Waals surface area contributed by atoms with Crippen LogP contribution in [0.2, 0.25) is 0 Å². The number of ether oxygens (including phenoxy) is 1. The quantitative estimate of drug-likeness (QED) is 0.375. The van der Waals surface area contributed by atoms with Crippen LogP contribution in [0.5, 0.6) is 0 Å². The second-order valence-corrected chi connectivity index (χ2v) is 3.97. The molecule has 82 valence electrons. The lowest BCUT2D eigenvalue weighted by Crippen LogP contribution is -2.12. The van der Waals surface area contributed by atoms with Gasteiger partial charge in [0.15, 0.2) is 0 Å². The second kappa shape index (κ2) is 4.53. The molecule has 6 heteroatoms. The maximum Gasteiger partial charge on any atom is 0.269 e. The molecule has 1 aliphatic rings. The predicted octanol–water partition coefficient (Wildman–Crippen LogP) is 1.85. The van der Waals surface area contributed by atoms with Crippen LogP contribution >= 0.6 is 11.9 Å². The first-order chi connectivity index (χ1) is 7.72. The lowest BCUT2D eigenvalue weighted by atomic mass is 10.2. The minimum atomic E-state index is -0.429. The number of terminal acetylenes is 1. The number of nitrogens with zero attached hydrogens (tertiary/aromatic N) is 1. The van der Waals surface area contributed by atoms with Crippen LogP contribution in [-0.4, -0.2) is 11.5 Å². The van der Waals surface area contributed by atoms with Gasteiger partial charge >= 0.3 is 0 Å². The topological polar surface area (TPSA) is 64.4 Å². The van der Waals surface area contributed by atoms with Crippen LogP contribution in [-0.2, 0) is 4.74 Å². The fraction of sp³-hybridized carbons (Fsp3) is 0.200. The molecule has 5 nitrogen and oxygen atoms in total. The third-order valence-electron chi connectivity index (χ3n) is 2.10. The summed E-state index contributed by atoms with van der Waals surface area (Å²) in [6.45, 7) is 0.167. The molecule has 2 rings (SSSR count). The molecule has 0 saturated heterocycles. The minimum absolute atomic E-state index is 0.0531. The van der Waals surface area contributed by atoms with Gasteiger partial charge in [0.25, 0.3) is 5.69 Å². The standard InChI is InChI=1S/C10H8N2O3S/c1-2-5-15-10-8-6-7(12(13)14)3-4-9(8)16-11-10/h1,3-4,6,10-11H,5H2. The van der Waals surface area contributed by atoms with Crippen molar-refractivity contribution in [1.29, 1.82) is 0 Å². The van der Waals surface area contributed by atoms with Crippen LogP contribution in [0.25, 0.3) is 0 Å². The molecule has 0 fully saturated rings. The summed E-state index contributed by atoms with van der Waals surface area (Å²) in [5.41, 5.74) is 0.812. The molecule has 0 aliphatic carbocycles. The average Bonchev–Trinajstić information content (AvgIpc) is 2.68. The number of hydrogen-bond donors (Lipinski definition) is 1. The van der Waals surface area contributed by atoms with Crippen LogP contribution in [0, 0.1) is 22.5 Å². The lowest BCUT2D eigenvalue weighted by Gasteiger charge is -2.09. The Labute approximate surface area is 96.5 Å². The summed E-state index contributed by atoms with van der Waals surface area (Å²) in [6, 6.07) is 4.67. The fourth-order valence-electron chi connectivity index (χ4n) is 1.38. The molecule has 1 atom stereocenters. The summed E-state index contributed by atoms with van der Waals surface area (Å²) in [5, 5.41) is 10.6. The maximum absolute atomic E-state index is 10.6. The normalized spacial score (nSPS) is 17.8. The van der Waals surface area contributed by atoms with E-state index in [4.69, 9.17) is 11.2 Å². The summed E-state index contributed by atoms with van der Waals surface area (Å²) in [5.74, 6) is 2.36. The van der Waals surface area contributed by atoms with Crippen molar-refractivity contribution in [2.24, 2.45) is 0 Å². The fourth-order valence-corrected chi connectivity index (χ4v) is 2.23. The Balaban J connectivity index is 2.27. The highest BCUT2D eigenvalue weighted by Crippen LogP contribution is 2.37. The molecule has 0 saturated carbocycles. The van der Waals surface area contributed by atoms with E-state index in [1.54, 1.807) is 6.07 Å². The van der Waals surface area contributed by atoms with Gasteiger partial charge in [-0.15, -0.1) is 6.42 Å². The van der Waals surface area contributed by atoms with Gasteiger partial charge in [0, 0.05) is 22.6 Å². The monoisotopic (exact) mass is 236 g/mol. The zero-order valence-corrected chi connectivity index (χ0v) is 8.99. The molecule has 0 spiro atoms. The van der Waals surface area contributed by atoms with Gasteiger partial charge in [-0.1, -0.05) is 5.92 Å². The Bertz CT molecular complexity index is 470. The molecular weight excluding hydrogens is 228 g/mol. The van der Waals surface area contributed by atoms with Gasteiger partial charge in [0.2, 0.25) is 0 Å². The van der Waals surface area contributed by atoms with E-state index < -0.39 is 4.92 Å². The van der Waals surface area contributed by atoms with Gasteiger partial charge in [-0.3, -0.25) is 10.1 Å². The molecule has 1 aromatic rings. The van der Waals surface area contributed by atoms with Gasteiger partial charge in [0.05, 0.1) is 4.92 Å². The summed E-state index contributed by atoms with van der Waals surface area (Å²) in [4.78, 5) is 11.1. The first-order valence-electron chi connectivity index (χ1n) is 4.48. The molecule has 0 bridgehead atoms. The van der Waals surface area contributed by atoms with Crippen molar-refractivity contribution in [2.45, 2.75) is 11.1 Å². The number of nitrogens with one attached hydrogen (secondary N) is 1. The maximum atomic E-state index is 10.6. The van der Waals surface area contributed by atoms with Crippen molar-refractivity contribution in [1.82, 2.24) is 4.72 Å². The number of fused-ring (bicyclic) bond motifs is 1. The molecule has 0 amide bonds. The van der Waals surface area contributed by atoms with Gasteiger partial charge < -0.3 is 4.74 Å². The van der Waals surface area contributed by atoms with Crippen LogP contribution in [0.4, 0.5) is 5.69 Å². The van der Waals surface area contributed by atoms with Gasteiger partial charge in [-0.25, -0.2) is 4.72 Å². The molecule has 16 heavy (non-hydrogen) atoms. The molecule has 1 aliphatic heterocycles. The lowest BCUT2D eigenvalue weighted by molar-refractivity contribution is -0.385. The zero-order chi connectivity index (χ0) is 11.5. The highest BCUT2D eigenvalue weighted by Gasteiger charge is 2.25. The highest BCUT2D eigenvalue weighted by atomic mass is 32.2. The highest BCUT2D eigenvalue weighted by molar-refractivity contribution is 7.97. The largest absolute Gasteiger partial charge is 0.346 e. The van der Waals surface area contributed by atoms with Crippen molar-refractivity contribution in [3.63, 3.8) is 0 Å². The van der Waals surface area contributed by atoms with Crippen molar-refractivity contribution >= 4 is 17.6 Å². The molecule has 0 radical (unpaired) electrons. The number of benzene rings is 1. The Morgan fingerprint density at radius 1 is 1.69 bits per heavy atom. The predicted molar refractivity (Wildman–Crippen MR) is 59.6 cm³/mol. The van der Waals surface area contributed by atoms with E-state index in [0.29, 0.717) is 0 Å². The Morgan fingerprint density at radius 3 is 3.19 bits per heavy atom. The molecule has 0 aromatic heterocycles. The molecular formula is C10H8N2O3S. The van der Waals surface area contributed by atoms with E-state index in [1.165, 1.54) is 24.1 Å². The van der Waals surface area contributed by atoms with Gasteiger partial charge in [-0.2, -0.15) is 0 Å². The van der Waals surface area contributed by atoms with E-state index >= 15 is 0 Å². The van der Waals surface area contributed by atoms with Gasteiger partial charge in [-0.05, 0) is 18.0 Å². The summed E-state index contributed by atoms with van der Waals surface area (Å²) in [6.07, 6.45) is 4.71. The number of non-ortho nitro benzene ring substituents is 1. The molecule has 1 aromatic carbocycles. The van der Waals surface area contributed by atoms with Crippen LogP contribution in [0.1, 0.15) is 11.8 Å².